The molecule has 2 nitrogen and oxygen atoms in total. The van der Waals surface area contributed by atoms with Gasteiger partial charge in [0.25, 0.3) is 0 Å². The van der Waals surface area contributed by atoms with Crippen LogP contribution in [0.25, 0.3) is 0 Å². The van der Waals surface area contributed by atoms with E-state index in [4.69, 9.17) is 5.11 Å². The third-order valence-electron chi connectivity index (χ3n) is 2.98. The van der Waals surface area contributed by atoms with Gasteiger partial charge in [-0.2, -0.15) is 0 Å². The molecule has 82 valence electrons. The Kier molecular flexibility index (Phi) is 3.10. The zero-order chi connectivity index (χ0) is 10.8. The summed E-state index contributed by atoms with van der Waals surface area (Å²) in [6.45, 7) is 2.01. The second-order valence-electron chi connectivity index (χ2n) is 4.30. The highest BCUT2D eigenvalue weighted by Gasteiger charge is 2.17. The standard InChI is InChI=1S/C12H16O2S/c1-8(6-12(13)14)11-7-9-4-2-3-5-10(9)15-11/h7-8H,2-6H2,1H3,(H,13,14). The first-order valence-corrected chi connectivity index (χ1v) is 6.31. The minimum Gasteiger partial charge on any atom is -0.481 e. The topological polar surface area (TPSA) is 37.3 Å². The molecule has 1 aliphatic carbocycles. The van der Waals surface area contributed by atoms with E-state index in [1.54, 1.807) is 0 Å². The molecule has 0 aliphatic heterocycles. The zero-order valence-electron chi connectivity index (χ0n) is 8.95. The summed E-state index contributed by atoms with van der Waals surface area (Å²) in [6.07, 6.45) is 5.21. The summed E-state index contributed by atoms with van der Waals surface area (Å²) in [4.78, 5) is 13.4. The van der Waals surface area contributed by atoms with Crippen molar-refractivity contribution in [2.75, 3.05) is 0 Å². The summed E-state index contributed by atoms with van der Waals surface area (Å²) in [5.74, 6) is -0.535. The minimum atomic E-state index is -0.700. The fourth-order valence-electron chi connectivity index (χ4n) is 2.12. The van der Waals surface area contributed by atoms with Crippen LogP contribution in [0.1, 0.15) is 47.4 Å². The van der Waals surface area contributed by atoms with Crippen LogP contribution in [-0.2, 0) is 17.6 Å². The predicted octanol–water partition coefficient (Wildman–Crippen LogP) is 3.21. The summed E-state index contributed by atoms with van der Waals surface area (Å²) >= 11 is 1.82. The molecule has 0 bridgehead atoms. The van der Waals surface area contributed by atoms with Gasteiger partial charge in [-0.15, -0.1) is 11.3 Å². The van der Waals surface area contributed by atoms with E-state index >= 15 is 0 Å². The molecule has 0 radical (unpaired) electrons. The first-order valence-electron chi connectivity index (χ1n) is 5.50. The van der Waals surface area contributed by atoms with E-state index in [0.29, 0.717) is 0 Å². The number of fused-ring (bicyclic) bond motifs is 1. The van der Waals surface area contributed by atoms with E-state index < -0.39 is 5.97 Å². The molecule has 3 heteroatoms. The van der Waals surface area contributed by atoms with Crippen molar-refractivity contribution in [1.82, 2.24) is 0 Å². The molecule has 1 N–H and O–H groups in total. The monoisotopic (exact) mass is 224 g/mol. The first kappa shape index (κ1) is 10.7. The smallest absolute Gasteiger partial charge is 0.303 e. The van der Waals surface area contributed by atoms with Gasteiger partial charge in [0.05, 0.1) is 6.42 Å². The molecule has 0 amide bonds. The molecule has 15 heavy (non-hydrogen) atoms. The van der Waals surface area contributed by atoms with Crippen LogP contribution < -0.4 is 0 Å². The molecular formula is C12H16O2S. The summed E-state index contributed by atoms with van der Waals surface area (Å²) in [7, 11) is 0. The van der Waals surface area contributed by atoms with Crippen molar-refractivity contribution in [2.24, 2.45) is 0 Å². The highest BCUT2D eigenvalue weighted by Crippen LogP contribution is 2.34. The number of aliphatic carboxylic acids is 1. The van der Waals surface area contributed by atoms with Crippen LogP contribution in [0.15, 0.2) is 6.07 Å². The largest absolute Gasteiger partial charge is 0.481 e. The summed E-state index contributed by atoms with van der Waals surface area (Å²) in [5.41, 5.74) is 1.47. The van der Waals surface area contributed by atoms with Gasteiger partial charge in [0.15, 0.2) is 0 Å². The number of rotatable bonds is 3. The van der Waals surface area contributed by atoms with Crippen molar-refractivity contribution >= 4 is 17.3 Å². The zero-order valence-corrected chi connectivity index (χ0v) is 9.77. The van der Waals surface area contributed by atoms with Crippen molar-refractivity contribution < 1.29 is 9.90 Å². The Bertz CT molecular complexity index is 344. The Morgan fingerprint density at radius 1 is 1.53 bits per heavy atom. The van der Waals surface area contributed by atoms with Crippen LogP contribution in [0.2, 0.25) is 0 Å². The van der Waals surface area contributed by atoms with Crippen LogP contribution >= 0.6 is 11.3 Å². The Hall–Kier alpha value is -0.830. The average Bonchev–Trinajstić information content (AvgIpc) is 2.59. The van der Waals surface area contributed by atoms with Crippen molar-refractivity contribution in [2.45, 2.75) is 44.9 Å². The third-order valence-corrected chi connectivity index (χ3v) is 4.45. The fraction of sp³-hybridized carbons (Fsp3) is 0.583. The van der Waals surface area contributed by atoms with Crippen molar-refractivity contribution in [3.8, 4) is 0 Å². The van der Waals surface area contributed by atoms with Gasteiger partial charge in [0, 0.05) is 15.7 Å². The molecule has 0 fully saturated rings. The molecule has 1 atom stereocenters. The third kappa shape index (κ3) is 2.40. The molecular weight excluding hydrogens is 208 g/mol. The van der Waals surface area contributed by atoms with Crippen LogP contribution in [0, 0.1) is 0 Å². The van der Waals surface area contributed by atoms with Gasteiger partial charge in [-0.1, -0.05) is 6.92 Å². The number of thiophene rings is 1. The lowest BCUT2D eigenvalue weighted by Gasteiger charge is -2.08. The van der Waals surface area contributed by atoms with E-state index in [-0.39, 0.29) is 12.3 Å². The van der Waals surface area contributed by atoms with Gasteiger partial charge in [-0.25, -0.2) is 0 Å². The number of carboxylic acid groups (broad SMARTS) is 1. The first-order chi connectivity index (χ1) is 7.16. The van der Waals surface area contributed by atoms with Crippen LogP contribution in [0.5, 0.6) is 0 Å². The molecule has 1 aromatic heterocycles. The van der Waals surface area contributed by atoms with E-state index in [1.807, 2.05) is 18.3 Å². The SMILES string of the molecule is CC(CC(=O)O)c1cc2c(s1)CCCC2. The number of carboxylic acids is 1. The maximum Gasteiger partial charge on any atom is 0.303 e. The number of aryl methyl sites for hydroxylation is 2. The van der Waals surface area contributed by atoms with Gasteiger partial charge in [0.2, 0.25) is 0 Å². The maximum absolute atomic E-state index is 10.6. The van der Waals surface area contributed by atoms with E-state index in [2.05, 4.69) is 6.07 Å². The highest BCUT2D eigenvalue weighted by molar-refractivity contribution is 7.12. The molecule has 2 rings (SSSR count). The normalized spacial score (nSPS) is 17.1. The van der Waals surface area contributed by atoms with E-state index in [9.17, 15) is 4.79 Å². The fourth-order valence-corrected chi connectivity index (χ4v) is 3.43. The molecule has 1 aromatic rings. The second kappa shape index (κ2) is 4.35. The van der Waals surface area contributed by atoms with Crippen molar-refractivity contribution in [3.05, 3.63) is 21.4 Å². The van der Waals surface area contributed by atoms with Crippen LogP contribution in [0.3, 0.4) is 0 Å². The van der Waals surface area contributed by atoms with E-state index in [1.165, 1.54) is 41.0 Å². The minimum absolute atomic E-state index is 0.165. The van der Waals surface area contributed by atoms with Gasteiger partial charge in [-0.05, 0) is 37.3 Å². The lowest BCUT2D eigenvalue weighted by molar-refractivity contribution is -0.137. The van der Waals surface area contributed by atoms with E-state index in [0.717, 1.165) is 0 Å². The quantitative estimate of drug-likeness (QED) is 0.856. The predicted molar refractivity (Wildman–Crippen MR) is 61.6 cm³/mol. The summed E-state index contributed by atoms with van der Waals surface area (Å²) in [6, 6.07) is 2.23. The second-order valence-corrected chi connectivity index (χ2v) is 5.47. The number of hydrogen-bond acceptors (Lipinski definition) is 2. The molecule has 0 saturated carbocycles. The molecule has 0 spiro atoms. The van der Waals surface area contributed by atoms with Crippen molar-refractivity contribution in [3.63, 3.8) is 0 Å². The molecule has 1 unspecified atom stereocenters. The van der Waals surface area contributed by atoms with Gasteiger partial charge < -0.3 is 5.11 Å². The summed E-state index contributed by atoms with van der Waals surface area (Å²) < 4.78 is 0. The Morgan fingerprint density at radius 3 is 2.93 bits per heavy atom. The molecule has 1 heterocycles. The lowest BCUT2D eigenvalue weighted by Crippen LogP contribution is -2.01. The van der Waals surface area contributed by atoms with Gasteiger partial charge >= 0.3 is 5.97 Å². The summed E-state index contributed by atoms with van der Waals surface area (Å²) in [5, 5.41) is 8.75. The van der Waals surface area contributed by atoms with Gasteiger partial charge in [0.1, 0.15) is 0 Å². The maximum atomic E-state index is 10.6. The van der Waals surface area contributed by atoms with Crippen LogP contribution in [0.4, 0.5) is 0 Å². The molecule has 0 aromatic carbocycles. The van der Waals surface area contributed by atoms with Gasteiger partial charge in [-0.3, -0.25) is 4.79 Å². The lowest BCUT2D eigenvalue weighted by atomic mass is 9.97. The number of hydrogen-bond donors (Lipinski definition) is 1. The average molecular weight is 224 g/mol. The van der Waals surface area contributed by atoms with Crippen LogP contribution in [-0.4, -0.2) is 11.1 Å². The highest BCUT2D eigenvalue weighted by atomic mass is 32.1. The Morgan fingerprint density at radius 2 is 2.27 bits per heavy atom. The Labute approximate surface area is 93.9 Å². The number of carbonyl (C=O) groups is 1. The van der Waals surface area contributed by atoms with Crippen molar-refractivity contribution in [1.29, 1.82) is 0 Å². The molecule has 1 aliphatic rings. The Balaban J connectivity index is 2.15. The molecule has 0 saturated heterocycles.